The highest BCUT2D eigenvalue weighted by Crippen LogP contribution is 2.34. The summed E-state index contributed by atoms with van der Waals surface area (Å²) in [4.78, 5) is 29.3. The van der Waals surface area contributed by atoms with Gasteiger partial charge in [-0.15, -0.1) is 0 Å². The molecular weight excluding hydrogens is 316 g/mol. The zero-order valence-corrected chi connectivity index (χ0v) is 14.6. The van der Waals surface area contributed by atoms with Gasteiger partial charge in [-0.1, -0.05) is 30.3 Å². The standard InChI is InChI=1S/C20H26N2O3/c23-19-10-17-12-22(20(24)16-6-8-25-9-7-16)14-18(17)13-21(19)11-15-4-2-1-3-5-15/h1-5,16-18H,6-14H2/t17-,18+/m0/s1. The molecule has 0 spiro atoms. The minimum atomic E-state index is 0.116. The van der Waals surface area contributed by atoms with E-state index in [-0.39, 0.29) is 17.7 Å². The minimum absolute atomic E-state index is 0.116. The lowest BCUT2D eigenvalue weighted by Gasteiger charge is -2.34. The number of hydrogen-bond acceptors (Lipinski definition) is 3. The third-order valence-electron chi connectivity index (χ3n) is 5.92. The van der Waals surface area contributed by atoms with Crippen LogP contribution in [0.3, 0.4) is 0 Å². The average Bonchev–Trinajstić information content (AvgIpc) is 3.05. The summed E-state index contributed by atoms with van der Waals surface area (Å²) < 4.78 is 5.37. The Balaban J connectivity index is 1.38. The zero-order chi connectivity index (χ0) is 17.2. The Hall–Kier alpha value is -1.88. The van der Waals surface area contributed by atoms with Crippen molar-refractivity contribution in [2.45, 2.75) is 25.8 Å². The van der Waals surface area contributed by atoms with E-state index in [1.807, 2.05) is 28.0 Å². The Morgan fingerprint density at radius 2 is 1.76 bits per heavy atom. The predicted octanol–water partition coefficient (Wildman–Crippen LogP) is 1.92. The molecule has 5 nitrogen and oxygen atoms in total. The fourth-order valence-corrected chi connectivity index (χ4v) is 4.45. The molecular formula is C20H26N2O3. The number of carbonyl (C=O) groups excluding carboxylic acids is 2. The summed E-state index contributed by atoms with van der Waals surface area (Å²) in [6.07, 6.45) is 2.25. The van der Waals surface area contributed by atoms with Gasteiger partial charge in [0.1, 0.15) is 0 Å². The lowest BCUT2D eigenvalue weighted by Crippen LogP contribution is -2.43. The van der Waals surface area contributed by atoms with Crippen molar-refractivity contribution in [1.29, 1.82) is 0 Å². The Bertz CT molecular complexity index is 627. The fraction of sp³-hybridized carbons (Fsp3) is 0.600. The normalized spacial score (nSPS) is 27.4. The van der Waals surface area contributed by atoms with Crippen molar-refractivity contribution in [3.63, 3.8) is 0 Å². The van der Waals surface area contributed by atoms with E-state index < -0.39 is 0 Å². The number of fused-ring (bicyclic) bond motifs is 1. The molecule has 0 radical (unpaired) electrons. The van der Waals surface area contributed by atoms with E-state index in [0.29, 0.717) is 38.0 Å². The molecule has 0 aromatic heterocycles. The molecule has 1 aromatic rings. The van der Waals surface area contributed by atoms with Crippen LogP contribution < -0.4 is 0 Å². The molecule has 0 aliphatic carbocycles. The number of amides is 2. The second-order valence-electron chi connectivity index (χ2n) is 7.61. The van der Waals surface area contributed by atoms with Gasteiger partial charge >= 0.3 is 0 Å². The second kappa shape index (κ2) is 7.16. The average molecular weight is 342 g/mol. The first-order valence-electron chi connectivity index (χ1n) is 9.39. The molecule has 3 heterocycles. The van der Waals surface area contributed by atoms with Crippen molar-refractivity contribution in [3.05, 3.63) is 35.9 Å². The van der Waals surface area contributed by atoms with E-state index in [2.05, 4.69) is 12.1 Å². The number of rotatable bonds is 3. The van der Waals surface area contributed by atoms with Crippen LogP contribution in [0, 0.1) is 17.8 Å². The predicted molar refractivity (Wildman–Crippen MR) is 93.6 cm³/mol. The van der Waals surface area contributed by atoms with Gasteiger partial charge in [0.05, 0.1) is 0 Å². The van der Waals surface area contributed by atoms with Crippen LogP contribution in [0.4, 0.5) is 0 Å². The number of ether oxygens (including phenoxy) is 1. The molecule has 134 valence electrons. The maximum atomic E-state index is 12.8. The Morgan fingerprint density at radius 1 is 1.04 bits per heavy atom. The number of hydrogen-bond donors (Lipinski definition) is 0. The highest BCUT2D eigenvalue weighted by Gasteiger charge is 2.43. The maximum absolute atomic E-state index is 12.8. The van der Waals surface area contributed by atoms with E-state index >= 15 is 0 Å². The van der Waals surface area contributed by atoms with Gasteiger partial charge in [-0.3, -0.25) is 9.59 Å². The SMILES string of the molecule is O=C1C[C@H]2CN(C(=O)C3CCOCC3)C[C@H]2CN1Cc1ccccc1. The lowest BCUT2D eigenvalue weighted by molar-refractivity contribution is -0.138. The Labute approximate surface area is 148 Å². The number of benzene rings is 1. The molecule has 2 atom stereocenters. The van der Waals surface area contributed by atoms with Crippen LogP contribution in [-0.4, -0.2) is 54.5 Å². The van der Waals surface area contributed by atoms with Gasteiger partial charge in [0, 0.05) is 51.7 Å². The molecule has 3 aliphatic rings. The van der Waals surface area contributed by atoms with Crippen LogP contribution in [0.15, 0.2) is 30.3 Å². The van der Waals surface area contributed by atoms with Gasteiger partial charge in [-0.05, 0) is 30.2 Å². The summed E-state index contributed by atoms with van der Waals surface area (Å²) in [7, 11) is 0. The van der Waals surface area contributed by atoms with E-state index in [9.17, 15) is 9.59 Å². The van der Waals surface area contributed by atoms with Crippen molar-refractivity contribution < 1.29 is 14.3 Å². The minimum Gasteiger partial charge on any atom is -0.381 e. The number of piperidine rings is 1. The quantitative estimate of drug-likeness (QED) is 0.843. The van der Waals surface area contributed by atoms with Gasteiger partial charge in [-0.25, -0.2) is 0 Å². The van der Waals surface area contributed by atoms with Crippen LogP contribution in [-0.2, 0) is 20.9 Å². The smallest absolute Gasteiger partial charge is 0.225 e. The molecule has 3 saturated heterocycles. The molecule has 3 aliphatic heterocycles. The molecule has 5 heteroatoms. The van der Waals surface area contributed by atoms with Crippen LogP contribution in [0.5, 0.6) is 0 Å². The summed E-state index contributed by atoms with van der Waals surface area (Å²) in [5, 5.41) is 0. The van der Waals surface area contributed by atoms with E-state index in [1.54, 1.807) is 0 Å². The Kier molecular flexibility index (Phi) is 4.75. The fourth-order valence-electron chi connectivity index (χ4n) is 4.45. The zero-order valence-electron chi connectivity index (χ0n) is 14.6. The number of nitrogens with zero attached hydrogens (tertiary/aromatic N) is 2. The summed E-state index contributed by atoms with van der Waals surface area (Å²) in [6, 6.07) is 10.1. The van der Waals surface area contributed by atoms with Crippen molar-refractivity contribution in [2.24, 2.45) is 17.8 Å². The molecule has 0 saturated carbocycles. The third kappa shape index (κ3) is 3.56. The van der Waals surface area contributed by atoms with Crippen LogP contribution >= 0.6 is 0 Å². The first-order valence-corrected chi connectivity index (χ1v) is 9.39. The molecule has 25 heavy (non-hydrogen) atoms. The molecule has 0 bridgehead atoms. The van der Waals surface area contributed by atoms with Gasteiger partial charge in [0.2, 0.25) is 11.8 Å². The van der Waals surface area contributed by atoms with Gasteiger partial charge in [0.25, 0.3) is 0 Å². The summed E-state index contributed by atoms with van der Waals surface area (Å²) in [5.74, 6) is 1.38. The van der Waals surface area contributed by atoms with Crippen molar-refractivity contribution in [2.75, 3.05) is 32.8 Å². The van der Waals surface area contributed by atoms with Gasteiger partial charge in [0.15, 0.2) is 0 Å². The van der Waals surface area contributed by atoms with Crippen LogP contribution in [0.1, 0.15) is 24.8 Å². The number of likely N-dealkylation sites (tertiary alicyclic amines) is 2. The molecule has 2 amide bonds. The van der Waals surface area contributed by atoms with Crippen LogP contribution in [0.2, 0.25) is 0 Å². The second-order valence-corrected chi connectivity index (χ2v) is 7.61. The molecule has 3 fully saturated rings. The van der Waals surface area contributed by atoms with Crippen molar-refractivity contribution >= 4 is 11.8 Å². The maximum Gasteiger partial charge on any atom is 0.225 e. The van der Waals surface area contributed by atoms with E-state index in [0.717, 1.165) is 32.5 Å². The van der Waals surface area contributed by atoms with Crippen molar-refractivity contribution in [3.8, 4) is 0 Å². The van der Waals surface area contributed by atoms with E-state index in [4.69, 9.17) is 4.74 Å². The first kappa shape index (κ1) is 16.6. The molecule has 0 unspecified atom stereocenters. The number of carbonyl (C=O) groups is 2. The summed E-state index contributed by atoms with van der Waals surface area (Å²) in [5.41, 5.74) is 1.17. The highest BCUT2D eigenvalue weighted by atomic mass is 16.5. The van der Waals surface area contributed by atoms with E-state index in [1.165, 1.54) is 5.56 Å². The van der Waals surface area contributed by atoms with Crippen molar-refractivity contribution in [1.82, 2.24) is 9.80 Å². The van der Waals surface area contributed by atoms with Gasteiger partial charge in [-0.2, -0.15) is 0 Å². The highest BCUT2D eigenvalue weighted by molar-refractivity contribution is 5.80. The topological polar surface area (TPSA) is 49.9 Å². The first-order chi connectivity index (χ1) is 12.2. The monoisotopic (exact) mass is 342 g/mol. The van der Waals surface area contributed by atoms with Gasteiger partial charge < -0.3 is 14.5 Å². The summed E-state index contributed by atoms with van der Waals surface area (Å²) in [6.45, 7) is 4.40. The molecule has 4 rings (SSSR count). The van der Waals surface area contributed by atoms with Crippen LogP contribution in [0.25, 0.3) is 0 Å². The summed E-state index contributed by atoms with van der Waals surface area (Å²) >= 11 is 0. The molecule has 1 aromatic carbocycles. The molecule has 0 N–H and O–H groups in total. The largest absolute Gasteiger partial charge is 0.381 e. The lowest BCUT2D eigenvalue weighted by atomic mass is 9.88. The Morgan fingerprint density at radius 3 is 2.52 bits per heavy atom. The third-order valence-corrected chi connectivity index (χ3v) is 5.92.